The summed E-state index contributed by atoms with van der Waals surface area (Å²) < 4.78 is 11.4. The first-order valence-corrected chi connectivity index (χ1v) is 17.6. The van der Waals surface area contributed by atoms with Crippen molar-refractivity contribution in [1.82, 2.24) is 0 Å². The number of fused-ring (bicyclic) bond motifs is 7. The highest BCUT2D eigenvalue weighted by Gasteiger charge is 2.73. The second-order valence-corrected chi connectivity index (χ2v) is 16.8. The smallest absolute Gasteiger partial charge is 0.330 e. The summed E-state index contributed by atoms with van der Waals surface area (Å²) in [5.41, 5.74) is -2.42. The van der Waals surface area contributed by atoms with Crippen molar-refractivity contribution >= 4 is 11.9 Å². The lowest BCUT2D eigenvalue weighted by atomic mass is 9.32. The van der Waals surface area contributed by atoms with Gasteiger partial charge in [0.2, 0.25) is 0 Å². The maximum Gasteiger partial charge on any atom is 0.330 e. The van der Waals surface area contributed by atoms with Crippen LogP contribution in [0.1, 0.15) is 93.4 Å². The lowest BCUT2D eigenvalue weighted by Gasteiger charge is -2.72. The van der Waals surface area contributed by atoms with E-state index in [2.05, 4.69) is 39.5 Å². The Balaban J connectivity index is 1.59. The fraction of sp³-hybridized carbons (Fsp3) is 0.744. The predicted molar refractivity (Wildman–Crippen MR) is 180 cm³/mol. The molecule has 3 unspecified atom stereocenters. The second-order valence-electron chi connectivity index (χ2n) is 16.8. The minimum Gasteiger partial charge on any atom is -0.462 e. The number of ether oxygens (including phenoxy) is 2. The molecule has 4 N–H and O–H groups in total. The molecule has 0 saturated heterocycles. The van der Waals surface area contributed by atoms with Crippen LogP contribution < -0.4 is 0 Å². The molecule has 4 fully saturated rings. The van der Waals surface area contributed by atoms with Gasteiger partial charge in [0, 0.05) is 17.6 Å². The normalized spacial score (nSPS) is 47.2. The van der Waals surface area contributed by atoms with Gasteiger partial charge >= 0.3 is 11.9 Å². The van der Waals surface area contributed by atoms with E-state index in [0.717, 1.165) is 25.7 Å². The number of carbonyl (C=O) groups excluding carboxylic acids is 2. The monoisotopic (exact) mass is 654 g/mol. The third-order valence-electron chi connectivity index (χ3n) is 14.5. The van der Waals surface area contributed by atoms with Gasteiger partial charge in [-0.3, -0.25) is 0 Å². The average Bonchev–Trinajstić information content (AvgIpc) is 3.01. The molecule has 0 spiro atoms. The lowest BCUT2D eigenvalue weighted by molar-refractivity contribution is -0.258. The van der Waals surface area contributed by atoms with Crippen LogP contribution in [0.5, 0.6) is 0 Å². The topological polar surface area (TPSA) is 134 Å². The molecule has 0 aromatic heterocycles. The summed E-state index contributed by atoms with van der Waals surface area (Å²) in [7, 11) is 0. The summed E-state index contributed by atoms with van der Waals surface area (Å²) in [5, 5.41) is 47.0. The van der Waals surface area contributed by atoms with Crippen LogP contribution in [0.25, 0.3) is 0 Å². The maximum absolute atomic E-state index is 12.6. The molecule has 5 rings (SSSR count). The molecule has 5 aliphatic carbocycles. The van der Waals surface area contributed by atoms with Crippen molar-refractivity contribution in [2.75, 3.05) is 13.2 Å². The predicted octanol–water partition coefficient (Wildman–Crippen LogP) is 5.45. The molecule has 8 heteroatoms. The number of esters is 2. The Morgan fingerprint density at radius 3 is 2.06 bits per heavy atom. The third-order valence-corrected chi connectivity index (χ3v) is 14.5. The van der Waals surface area contributed by atoms with Crippen molar-refractivity contribution < 1.29 is 39.5 Å². The molecule has 0 bridgehead atoms. The summed E-state index contributed by atoms with van der Waals surface area (Å²) in [5.74, 6) is -1.08. The molecule has 0 heterocycles. The minimum atomic E-state index is -1.29. The van der Waals surface area contributed by atoms with Crippen LogP contribution in [-0.4, -0.2) is 70.0 Å². The SMILES string of the molecule is C=C[C@]12CC[C@H](O)[C@](C)(COC(=O)/C=C/C)C1CC[C@]1(C)C2CC=C2C3CC(C)(C)[C@@H](O)[C@H](O)[C@]3(COC(=O)/C=C/C)[C@H](O)C[C@]21C. The van der Waals surface area contributed by atoms with Gasteiger partial charge in [0.05, 0.1) is 36.4 Å². The highest BCUT2D eigenvalue weighted by Crippen LogP contribution is 2.76. The van der Waals surface area contributed by atoms with Gasteiger partial charge < -0.3 is 29.9 Å². The first-order chi connectivity index (χ1) is 21.9. The maximum atomic E-state index is 12.6. The molecule has 47 heavy (non-hydrogen) atoms. The molecule has 262 valence electrons. The van der Waals surface area contributed by atoms with E-state index in [1.54, 1.807) is 26.0 Å². The number of carbonyl (C=O) groups is 2. The number of allylic oxidation sites excluding steroid dienone is 5. The van der Waals surface area contributed by atoms with Gasteiger partial charge in [-0.25, -0.2) is 9.59 Å². The first-order valence-electron chi connectivity index (χ1n) is 17.6. The zero-order chi connectivity index (χ0) is 34.8. The number of aliphatic hydroxyl groups is 4. The van der Waals surface area contributed by atoms with Crippen LogP contribution in [0.2, 0.25) is 0 Å². The molecule has 0 radical (unpaired) electrons. The molecule has 5 aliphatic rings. The molecule has 0 aromatic carbocycles. The van der Waals surface area contributed by atoms with Crippen LogP contribution in [0.4, 0.5) is 0 Å². The Labute approximate surface area is 281 Å². The van der Waals surface area contributed by atoms with Crippen LogP contribution in [0.15, 0.2) is 48.6 Å². The van der Waals surface area contributed by atoms with Gasteiger partial charge in [0.25, 0.3) is 0 Å². The first kappa shape index (κ1) is 36.0. The average molecular weight is 655 g/mol. The molecule has 12 atom stereocenters. The largest absolute Gasteiger partial charge is 0.462 e. The fourth-order valence-corrected chi connectivity index (χ4v) is 11.6. The molecular weight excluding hydrogens is 596 g/mol. The number of rotatable bonds is 7. The molecule has 0 amide bonds. The number of hydrogen-bond donors (Lipinski definition) is 4. The van der Waals surface area contributed by atoms with E-state index in [9.17, 15) is 30.0 Å². The molecule has 0 aromatic rings. The van der Waals surface area contributed by atoms with Gasteiger partial charge in [-0.05, 0) is 98.2 Å². The van der Waals surface area contributed by atoms with Crippen LogP contribution in [-0.2, 0) is 19.1 Å². The van der Waals surface area contributed by atoms with Crippen molar-refractivity contribution in [3.05, 3.63) is 48.6 Å². The Bertz CT molecular complexity index is 1350. The van der Waals surface area contributed by atoms with Crippen molar-refractivity contribution in [3.8, 4) is 0 Å². The van der Waals surface area contributed by atoms with E-state index >= 15 is 0 Å². The summed E-state index contributed by atoms with van der Waals surface area (Å²) in [6.45, 7) is 18.4. The van der Waals surface area contributed by atoms with Gasteiger partial charge in [0.1, 0.15) is 6.61 Å². The van der Waals surface area contributed by atoms with Crippen molar-refractivity contribution in [2.45, 2.75) is 118 Å². The quantitative estimate of drug-likeness (QED) is 0.162. The van der Waals surface area contributed by atoms with Crippen LogP contribution >= 0.6 is 0 Å². The van der Waals surface area contributed by atoms with E-state index in [1.165, 1.54) is 17.7 Å². The van der Waals surface area contributed by atoms with Gasteiger partial charge in [0.15, 0.2) is 0 Å². The van der Waals surface area contributed by atoms with Crippen molar-refractivity contribution in [2.24, 2.45) is 50.2 Å². The zero-order valence-corrected chi connectivity index (χ0v) is 29.5. The van der Waals surface area contributed by atoms with Gasteiger partial charge in [-0.15, -0.1) is 6.58 Å². The summed E-state index contributed by atoms with van der Waals surface area (Å²) in [4.78, 5) is 24.9. The Kier molecular flexibility index (Phi) is 9.40. The van der Waals surface area contributed by atoms with Crippen LogP contribution in [0, 0.1) is 50.2 Å². The van der Waals surface area contributed by atoms with E-state index in [1.807, 2.05) is 13.8 Å². The van der Waals surface area contributed by atoms with Crippen LogP contribution in [0.3, 0.4) is 0 Å². The van der Waals surface area contributed by atoms with E-state index in [0.29, 0.717) is 19.3 Å². The lowest BCUT2D eigenvalue weighted by Crippen LogP contribution is -2.72. The summed E-state index contributed by atoms with van der Waals surface area (Å²) in [6, 6.07) is 0. The highest BCUT2D eigenvalue weighted by molar-refractivity contribution is 5.82. The minimum absolute atomic E-state index is 0.0375. The highest BCUT2D eigenvalue weighted by atomic mass is 16.5. The van der Waals surface area contributed by atoms with E-state index in [-0.39, 0.29) is 41.8 Å². The van der Waals surface area contributed by atoms with E-state index in [4.69, 9.17) is 9.47 Å². The van der Waals surface area contributed by atoms with Crippen molar-refractivity contribution in [3.63, 3.8) is 0 Å². The Morgan fingerprint density at radius 2 is 1.47 bits per heavy atom. The molecular formula is C39H58O8. The molecule has 0 aliphatic heterocycles. The second kappa shape index (κ2) is 12.3. The fourth-order valence-electron chi connectivity index (χ4n) is 11.6. The molecule has 4 saturated carbocycles. The van der Waals surface area contributed by atoms with Gasteiger partial charge in [-0.1, -0.05) is 64.5 Å². The Hall–Kier alpha value is -2.26. The zero-order valence-electron chi connectivity index (χ0n) is 29.5. The third kappa shape index (κ3) is 5.06. The number of hydrogen-bond acceptors (Lipinski definition) is 8. The number of aliphatic hydroxyl groups excluding tert-OH is 4. The van der Waals surface area contributed by atoms with Gasteiger partial charge in [-0.2, -0.15) is 0 Å². The summed E-state index contributed by atoms with van der Waals surface area (Å²) in [6.07, 6.45) is 11.0. The Morgan fingerprint density at radius 1 is 0.851 bits per heavy atom. The van der Waals surface area contributed by atoms with Crippen molar-refractivity contribution in [1.29, 1.82) is 0 Å². The summed E-state index contributed by atoms with van der Waals surface area (Å²) >= 11 is 0. The van der Waals surface area contributed by atoms with E-state index < -0.39 is 58.0 Å². The molecule has 8 nitrogen and oxygen atoms in total. The standard InChI is InChI=1S/C39H58O8/c1-9-12-30(42)46-22-35(6)26-16-18-36(7)27(38(26,11-3)19-17-28(35)40)15-14-24-25-20-34(4,5)32(44)33(45)39(25,23-47-31(43)13-10-2)29(41)21-37(24,36)8/h9-14,25-29,32-33,40-41,44-45H,3,15-23H2,1-2,4-8H3/b12-9+,13-10+/t25?,26?,27?,28-,29+,32-,33-,35+,36+,37+,38-,39-/m0/s1.